The van der Waals surface area contributed by atoms with Crippen LogP contribution in [0.15, 0.2) is 36.4 Å². The number of benzene rings is 2. The number of ether oxygens (including phenoxy) is 1. The fourth-order valence-electron chi connectivity index (χ4n) is 3.89. The predicted octanol–water partition coefficient (Wildman–Crippen LogP) is 6.53. The Labute approximate surface area is 186 Å². The first-order valence-electron chi connectivity index (χ1n) is 9.76. The maximum atomic E-state index is 12.7. The van der Waals surface area contributed by atoms with Crippen LogP contribution >= 0.6 is 23.2 Å². The van der Waals surface area contributed by atoms with E-state index in [1.165, 1.54) is 0 Å². The Morgan fingerprint density at radius 2 is 1.73 bits per heavy atom. The lowest BCUT2D eigenvalue weighted by atomic mass is 9.76. The van der Waals surface area contributed by atoms with E-state index in [9.17, 15) is 14.7 Å². The molecule has 5 nitrogen and oxygen atoms in total. The summed E-state index contributed by atoms with van der Waals surface area (Å²) in [5, 5.41) is 10.4. The number of carbonyl (C=O) groups is 2. The molecule has 7 heteroatoms. The van der Waals surface area contributed by atoms with Crippen molar-refractivity contribution in [2.75, 3.05) is 7.05 Å². The lowest BCUT2D eigenvalue weighted by Gasteiger charge is -2.37. The minimum Gasteiger partial charge on any atom is -0.478 e. The molecule has 2 unspecified atom stereocenters. The van der Waals surface area contributed by atoms with Crippen LogP contribution in [0.4, 0.5) is 4.79 Å². The number of carboxylic acids is 1. The van der Waals surface area contributed by atoms with Gasteiger partial charge in [-0.25, -0.2) is 9.59 Å². The second kappa shape index (κ2) is 8.48. The minimum absolute atomic E-state index is 0.0286. The van der Waals surface area contributed by atoms with Gasteiger partial charge in [-0.2, -0.15) is 0 Å². The molecule has 1 N–H and O–H groups in total. The van der Waals surface area contributed by atoms with Crippen LogP contribution in [0.5, 0.6) is 0 Å². The van der Waals surface area contributed by atoms with E-state index in [0.717, 1.165) is 23.1 Å². The van der Waals surface area contributed by atoms with Crippen molar-refractivity contribution in [3.8, 4) is 0 Å². The molecular weight excluding hydrogens is 425 g/mol. The molecular formula is C23H25Cl2NO4. The average molecular weight is 450 g/mol. The molecule has 0 heterocycles. The number of hydrogen-bond donors (Lipinski definition) is 1. The zero-order chi connectivity index (χ0) is 22.2. The SMILES string of the molecule is CN(C(=O)OC(C)(C)C)C1CCC(c2ccc(Cl)c(Cl)c2)c2ccc(C(=O)O)cc21. The highest BCUT2D eigenvalue weighted by Crippen LogP contribution is 2.44. The molecule has 2 aromatic rings. The first kappa shape index (κ1) is 22.4. The van der Waals surface area contributed by atoms with Gasteiger partial charge in [0.05, 0.1) is 21.7 Å². The summed E-state index contributed by atoms with van der Waals surface area (Å²) in [6, 6.07) is 10.4. The molecule has 2 atom stereocenters. The Morgan fingerprint density at radius 3 is 2.33 bits per heavy atom. The molecule has 1 aliphatic carbocycles. The molecule has 1 aliphatic rings. The van der Waals surface area contributed by atoms with Gasteiger partial charge >= 0.3 is 12.1 Å². The van der Waals surface area contributed by atoms with Gasteiger partial charge in [-0.05, 0) is 74.6 Å². The van der Waals surface area contributed by atoms with E-state index in [1.54, 1.807) is 30.1 Å². The standard InChI is InChI=1S/C23H25Cl2NO4/c1-23(2,3)30-22(29)26(4)20-10-8-15(13-6-9-18(24)19(25)12-13)16-7-5-14(21(27)28)11-17(16)20/h5-7,9,11-12,15,20H,8,10H2,1-4H3,(H,27,28). The van der Waals surface area contributed by atoms with Gasteiger partial charge in [0.2, 0.25) is 0 Å². The summed E-state index contributed by atoms with van der Waals surface area (Å²) in [6.45, 7) is 5.45. The molecule has 3 rings (SSSR count). The fraction of sp³-hybridized carbons (Fsp3) is 0.391. The van der Waals surface area contributed by atoms with E-state index < -0.39 is 17.7 Å². The molecule has 1 amide bonds. The maximum absolute atomic E-state index is 12.7. The van der Waals surface area contributed by atoms with Crippen LogP contribution in [0.3, 0.4) is 0 Å². The summed E-state index contributed by atoms with van der Waals surface area (Å²) in [6.07, 6.45) is 0.999. The summed E-state index contributed by atoms with van der Waals surface area (Å²) < 4.78 is 5.52. The summed E-state index contributed by atoms with van der Waals surface area (Å²) in [7, 11) is 1.69. The van der Waals surface area contributed by atoms with Crippen molar-refractivity contribution in [2.24, 2.45) is 0 Å². The maximum Gasteiger partial charge on any atom is 0.410 e. The molecule has 0 bridgehead atoms. The number of aromatic carboxylic acids is 1. The van der Waals surface area contributed by atoms with E-state index in [0.29, 0.717) is 16.5 Å². The number of halogens is 2. The van der Waals surface area contributed by atoms with E-state index in [4.69, 9.17) is 27.9 Å². The van der Waals surface area contributed by atoms with E-state index in [-0.39, 0.29) is 17.5 Å². The van der Waals surface area contributed by atoms with Gasteiger partial charge in [-0.3, -0.25) is 0 Å². The van der Waals surface area contributed by atoms with Crippen LogP contribution in [-0.4, -0.2) is 34.7 Å². The molecule has 0 aromatic heterocycles. The highest BCUT2D eigenvalue weighted by molar-refractivity contribution is 6.42. The summed E-state index contributed by atoms with van der Waals surface area (Å²) in [5.74, 6) is -0.978. The summed E-state index contributed by atoms with van der Waals surface area (Å²) in [4.78, 5) is 25.8. The van der Waals surface area contributed by atoms with Crippen LogP contribution < -0.4 is 0 Å². The van der Waals surface area contributed by atoms with Crippen molar-refractivity contribution in [1.29, 1.82) is 0 Å². The number of carbonyl (C=O) groups excluding carboxylic acids is 1. The highest BCUT2D eigenvalue weighted by Gasteiger charge is 2.34. The first-order chi connectivity index (χ1) is 14.0. The molecule has 0 spiro atoms. The smallest absolute Gasteiger partial charge is 0.410 e. The lowest BCUT2D eigenvalue weighted by Crippen LogP contribution is -2.38. The van der Waals surface area contributed by atoms with Crippen molar-refractivity contribution in [2.45, 2.75) is 51.2 Å². The Balaban J connectivity index is 2.03. The Hall–Kier alpha value is -2.24. The van der Waals surface area contributed by atoms with Gasteiger partial charge in [0.1, 0.15) is 5.60 Å². The summed E-state index contributed by atoms with van der Waals surface area (Å²) >= 11 is 12.3. The molecule has 0 saturated heterocycles. The Morgan fingerprint density at radius 1 is 1.03 bits per heavy atom. The van der Waals surface area contributed by atoms with Crippen LogP contribution in [0.25, 0.3) is 0 Å². The average Bonchev–Trinajstić information content (AvgIpc) is 2.67. The summed E-state index contributed by atoms with van der Waals surface area (Å²) in [5.41, 5.74) is 2.36. The monoisotopic (exact) mass is 449 g/mol. The third kappa shape index (κ3) is 4.73. The largest absolute Gasteiger partial charge is 0.478 e. The number of carboxylic acid groups (broad SMARTS) is 1. The molecule has 0 radical (unpaired) electrons. The third-order valence-electron chi connectivity index (χ3n) is 5.29. The quantitative estimate of drug-likeness (QED) is 0.578. The fourth-order valence-corrected chi connectivity index (χ4v) is 4.19. The third-order valence-corrected chi connectivity index (χ3v) is 6.03. The highest BCUT2D eigenvalue weighted by atomic mass is 35.5. The molecule has 30 heavy (non-hydrogen) atoms. The second-order valence-electron chi connectivity index (χ2n) is 8.56. The Kier molecular flexibility index (Phi) is 6.34. The minimum atomic E-state index is -1.01. The van der Waals surface area contributed by atoms with E-state index >= 15 is 0 Å². The topological polar surface area (TPSA) is 66.8 Å². The van der Waals surface area contributed by atoms with Gasteiger partial charge in [0.15, 0.2) is 0 Å². The Bertz CT molecular complexity index is 984. The van der Waals surface area contributed by atoms with Gasteiger partial charge in [0.25, 0.3) is 0 Å². The van der Waals surface area contributed by atoms with Gasteiger partial charge < -0.3 is 14.7 Å². The van der Waals surface area contributed by atoms with Crippen molar-refractivity contribution in [3.63, 3.8) is 0 Å². The number of amides is 1. The first-order valence-corrected chi connectivity index (χ1v) is 10.5. The number of rotatable bonds is 3. The van der Waals surface area contributed by atoms with Crippen LogP contribution in [0.1, 0.15) is 72.6 Å². The number of nitrogens with zero attached hydrogens (tertiary/aromatic N) is 1. The lowest BCUT2D eigenvalue weighted by molar-refractivity contribution is 0.0202. The normalized spacial score (nSPS) is 18.5. The van der Waals surface area contributed by atoms with Crippen molar-refractivity contribution in [1.82, 2.24) is 4.90 Å². The van der Waals surface area contributed by atoms with Crippen LogP contribution in [0, 0.1) is 0 Å². The second-order valence-corrected chi connectivity index (χ2v) is 9.37. The van der Waals surface area contributed by atoms with Crippen molar-refractivity contribution < 1.29 is 19.4 Å². The van der Waals surface area contributed by atoms with Gasteiger partial charge in [0, 0.05) is 13.0 Å². The van der Waals surface area contributed by atoms with Gasteiger partial charge in [-0.15, -0.1) is 0 Å². The molecule has 0 fully saturated rings. The molecule has 0 aliphatic heterocycles. The number of fused-ring (bicyclic) bond motifs is 1. The molecule has 0 saturated carbocycles. The zero-order valence-electron chi connectivity index (χ0n) is 17.4. The number of hydrogen-bond acceptors (Lipinski definition) is 3. The van der Waals surface area contributed by atoms with Gasteiger partial charge in [-0.1, -0.05) is 35.3 Å². The van der Waals surface area contributed by atoms with Crippen molar-refractivity contribution in [3.05, 3.63) is 68.7 Å². The van der Waals surface area contributed by atoms with Crippen LogP contribution in [0.2, 0.25) is 10.0 Å². The van der Waals surface area contributed by atoms with Crippen molar-refractivity contribution >= 4 is 35.3 Å². The van der Waals surface area contributed by atoms with E-state index in [1.807, 2.05) is 39.0 Å². The van der Waals surface area contributed by atoms with Crippen LogP contribution in [-0.2, 0) is 4.74 Å². The van der Waals surface area contributed by atoms with E-state index in [2.05, 4.69) is 0 Å². The molecule has 160 valence electrons. The molecule has 2 aromatic carbocycles. The predicted molar refractivity (Wildman–Crippen MR) is 118 cm³/mol. The zero-order valence-corrected chi connectivity index (χ0v) is 18.9.